The van der Waals surface area contributed by atoms with E-state index in [4.69, 9.17) is 0 Å². The van der Waals surface area contributed by atoms with Gasteiger partial charge in [0.05, 0.1) is 11.1 Å². The van der Waals surface area contributed by atoms with Crippen LogP contribution in [0.15, 0.2) is 78.0 Å². The Bertz CT molecular complexity index is 1360. The van der Waals surface area contributed by atoms with Crippen molar-refractivity contribution in [2.45, 2.75) is 13.5 Å². The number of anilines is 1. The zero-order valence-electron chi connectivity index (χ0n) is 16.6. The van der Waals surface area contributed by atoms with E-state index in [-0.39, 0.29) is 12.1 Å². The number of benzene rings is 2. The zero-order valence-corrected chi connectivity index (χ0v) is 16.6. The first-order valence-electron chi connectivity index (χ1n) is 9.56. The zero-order chi connectivity index (χ0) is 22.0. The minimum atomic E-state index is -0.465. The van der Waals surface area contributed by atoms with Gasteiger partial charge in [0, 0.05) is 35.2 Å². The highest BCUT2D eigenvalue weighted by molar-refractivity contribution is 6.10. The number of aryl methyl sites for hydroxylation is 1. The second-order valence-electron chi connectivity index (χ2n) is 7.14. The molecule has 7 heteroatoms. The predicted molar refractivity (Wildman–Crippen MR) is 116 cm³/mol. The van der Waals surface area contributed by atoms with Gasteiger partial charge in [-0.1, -0.05) is 17.7 Å². The van der Waals surface area contributed by atoms with Crippen LogP contribution >= 0.6 is 0 Å². The lowest BCUT2D eigenvalue weighted by molar-refractivity contribution is -0.116. The monoisotopic (exact) mass is 415 g/mol. The third kappa shape index (κ3) is 4.25. The lowest BCUT2D eigenvalue weighted by Crippen LogP contribution is -2.24. The molecule has 2 heterocycles. The van der Waals surface area contributed by atoms with Crippen LogP contribution < -0.4 is 10.7 Å². The number of halogens is 1. The molecule has 2 aromatic heterocycles. The molecule has 1 N–H and O–H groups in total. The fourth-order valence-electron chi connectivity index (χ4n) is 3.38. The van der Waals surface area contributed by atoms with Crippen LogP contribution in [-0.2, 0) is 11.3 Å². The van der Waals surface area contributed by atoms with E-state index in [2.05, 4.69) is 10.3 Å². The minimum absolute atomic E-state index is 0.0390. The summed E-state index contributed by atoms with van der Waals surface area (Å²) in [5.74, 6) is -1.33. The van der Waals surface area contributed by atoms with E-state index in [1.165, 1.54) is 48.9 Å². The summed E-state index contributed by atoms with van der Waals surface area (Å²) >= 11 is 0. The number of carbonyl (C=O) groups is 2. The molecule has 0 fully saturated rings. The van der Waals surface area contributed by atoms with E-state index < -0.39 is 22.9 Å². The number of fused-ring (bicyclic) bond motifs is 1. The van der Waals surface area contributed by atoms with Crippen molar-refractivity contribution in [3.8, 4) is 0 Å². The average Bonchev–Trinajstić information content (AvgIpc) is 2.76. The summed E-state index contributed by atoms with van der Waals surface area (Å²) in [4.78, 5) is 42.6. The van der Waals surface area contributed by atoms with Gasteiger partial charge in [-0.15, -0.1) is 0 Å². The molecule has 0 aliphatic carbocycles. The number of aromatic nitrogens is 2. The highest BCUT2D eigenvalue weighted by Gasteiger charge is 2.18. The van der Waals surface area contributed by atoms with E-state index in [1.54, 1.807) is 22.8 Å². The number of amides is 1. The van der Waals surface area contributed by atoms with Gasteiger partial charge in [0.15, 0.2) is 5.78 Å². The molecule has 0 spiro atoms. The number of pyridine rings is 2. The SMILES string of the molecule is Cc1ccc2c(c1)c(=O)c(C(=O)c1ccncc1)cn2CC(=O)Nc1cccc(F)c1. The Labute approximate surface area is 177 Å². The van der Waals surface area contributed by atoms with Gasteiger partial charge in [-0.3, -0.25) is 19.4 Å². The summed E-state index contributed by atoms with van der Waals surface area (Å²) in [7, 11) is 0. The van der Waals surface area contributed by atoms with Gasteiger partial charge in [-0.25, -0.2) is 4.39 Å². The summed E-state index contributed by atoms with van der Waals surface area (Å²) in [6.07, 6.45) is 4.35. The van der Waals surface area contributed by atoms with Crippen molar-refractivity contribution >= 4 is 28.3 Å². The Kier molecular flexibility index (Phi) is 5.41. The maximum atomic E-state index is 13.4. The van der Waals surface area contributed by atoms with Gasteiger partial charge in [-0.05, 0) is 49.4 Å². The lowest BCUT2D eigenvalue weighted by Gasteiger charge is -2.14. The molecule has 0 radical (unpaired) electrons. The molecule has 6 nitrogen and oxygen atoms in total. The average molecular weight is 415 g/mol. The molecule has 0 saturated heterocycles. The van der Waals surface area contributed by atoms with Crippen molar-refractivity contribution in [2.24, 2.45) is 0 Å². The largest absolute Gasteiger partial charge is 0.337 e. The molecular formula is C24H18FN3O3. The molecule has 0 bridgehead atoms. The van der Waals surface area contributed by atoms with Gasteiger partial charge in [0.25, 0.3) is 0 Å². The molecule has 31 heavy (non-hydrogen) atoms. The Morgan fingerprint density at radius 2 is 1.84 bits per heavy atom. The number of hydrogen-bond donors (Lipinski definition) is 1. The van der Waals surface area contributed by atoms with Crippen molar-refractivity contribution in [1.29, 1.82) is 0 Å². The number of ketones is 1. The van der Waals surface area contributed by atoms with E-state index in [0.29, 0.717) is 22.2 Å². The number of rotatable bonds is 5. The molecule has 154 valence electrons. The summed E-state index contributed by atoms with van der Waals surface area (Å²) in [5.41, 5.74) is 1.59. The van der Waals surface area contributed by atoms with Crippen LogP contribution in [0.4, 0.5) is 10.1 Å². The van der Waals surface area contributed by atoms with Gasteiger partial charge in [-0.2, -0.15) is 0 Å². The van der Waals surface area contributed by atoms with Gasteiger partial charge < -0.3 is 9.88 Å². The van der Waals surface area contributed by atoms with Crippen molar-refractivity contribution in [1.82, 2.24) is 9.55 Å². The van der Waals surface area contributed by atoms with Crippen LogP contribution in [0, 0.1) is 12.7 Å². The fourth-order valence-corrected chi connectivity index (χ4v) is 3.38. The van der Waals surface area contributed by atoms with E-state index in [9.17, 15) is 18.8 Å². The second-order valence-corrected chi connectivity index (χ2v) is 7.14. The molecule has 2 aromatic carbocycles. The summed E-state index contributed by atoms with van der Waals surface area (Å²) in [6.45, 7) is 1.68. The molecule has 0 aliphatic rings. The summed E-state index contributed by atoms with van der Waals surface area (Å²) in [6, 6.07) is 13.9. The van der Waals surface area contributed by atoms with E-state index in [0.717, 1.165) is 5.56 Å². The first-order valence-corrected chi connectivity index (χ1v) is 9.56. The second kappa shape index (κ2) is 8.31. The van der Waals surface area contributed by atoms with Gasteiger partial charge >= 0.3 is 0 Å². The molecule has 4 rings (SSSR count). The van der Waals surface area contributed by atoms with Crippen LogP contribution in [0.5, 0.6) is 0 Å². The highest BCUT2D eigenvalue weighted by Crippen LogP contribution is 2.17. The molecule has 0 aliphatic heterocycles. The van der Waals surface area contributed by atoms with Gasteiger partial charge in [0.2, 0.25) is 11.3 Å². The van der Waals surface area contributed by atoms with E-state index in [1.807, 2.05) is 13.0 Å². The number of nitrogens with zero attached hydrogens (tertiary/aromatic N) is 2. The Morgan fingerprint density at radius 1 is 1.06 bits per heavy atom. The van der Waals surface area contributed by atoms with Crippen molar-refractivity contribution in [3.05, 3.63) is 106 Å². The topological polar surface area (TPSA) is 81.1 Å². The fraction of sp³-hybridized carbons (Fsp3) is 0.0833. The first-order chi connectivity index (χ1) is 14.9. The molecule has 4 aromatic rings. The molecule has 0 unspecified atom stereocenters. The van der Waals surface area contributed by atoms with Crippen molar-refractivity contribution in [2.75, 3.05) is 5.32 Å². The quantitative estimate of drug-likeness (QED) is 0.504. The predicted octanol–water partition coefficient (Wildman–Crippen LogP) is 3.71. The summed E-state index contributed by atoms with van der Waals surface area (Å²) < 4.78 is 15.0. The molecule has 1 amide bonds. The first kappa shape index (κ1) is 20.2. The number of nitrogens with one attached hydrogen (secondary N) is 1. The standard InChI is InChI=1S/C24H18FN3O3/c1-15-5-6-21-19(11-15)24(31)20(23(30)16-7-9-26-10-8-16)13-28(21)14-22(29)27-18-4-2-3-17(25)12-18/h2-13H,14H2,1H3,(H,27,29). The maximum Gasteiger partial charge on any atom is 0.244 e. The Balaban J connectivity index is 1.77. The van der Waals surface area contributed by atoms with Crippen LogP contribution in [0.3, 0.4) is 0 Å². The van der Waals surface area contributed by atoms with Crippen LogP contribution in [0.2, 0.25) is 0 Å². The number of carbonyl (C=O) groups excluding carboxylic acids is 2. The molecule has 0 saturated carbocycles. The minimum Gasteiger partial charge on any atom is -0.337 e. The third-order valence-corrected chi connectivity index (χ3v) is 4.85. The summed E-state index contributed by atoms with van der Waals surface area (Å²) in [5, 5.41) is 2.98. The highest BCUT2D eigenvalue weighted by atomic mass is 19.1. The third-order valence-electron chi connectivity index (χ3n) is 4.85. The normalized spacial score (nSPS) is 10.8. The van der Waals surface area contributed by atoms with Crippen LogP contribution in [-0.4, -0.2) is 21.2 Å². The van der Waals surface area contributed by atoms with Crippen molar-refractivity contribution in [3.63, 3.8) is 0 Å². The Hall–Kier alpha value is -4.13. The lowest BCUT2D eigenvalue weighted by atomic mass is 10.0. The maximum absolute atomic E-state index is 13.4. The van der Waals surface area contributed by atoms with Gasteiger partial charge in [0.1, 0.15) is 12.4 Å². The smallest absolute Gasteiger partial charge is 0.244 e. The van der Waals surface area contributed by atoms with Crippen LogP contribution in [0.25, 0.3) is 10.9 Å². The van der Waals surface area contributed by atoms with Crippen LogP contribution in [0.1, 0.15) is 21.5 Å². The Morgan fingerprint density at radius 3 is 2.58 bits per heavy atom. The van der Waals surface area contributed by atoms with Crippen molar-refractivity contribution < 1.29 is 14.0 Å². The number of hydrogen-bond acceptors (Lipinski definition) is 4. The molecular weight excluding hydrogens is 397 g/mol. The van der Waals surface area contributed by atoms with E-state index >= 15 is 0 Å². The molecule has 0 atom stereocenters.